The largest absolute Gasteiger partial charge is 0.502 e. The van der Waals surface area contributed by atoms with E-state index in [2.05, 4.69) is 5.10 Å². The molecule has 0 radical (unpaired) electrons. The van der Waals surface area contributed by atoms with Gasteiger partial charge in [0.2, 0.25) is 5.75 Å². The van der Waals surface area contributed by atoms with Crippen LogP contribution < -0.4 is 9.47 Å². The molecule has 16 heavy (non-hydrogen) atoms. The highest BCUT2D eigenvalue weighted by molar-refractivity contribution is 5.82. The van der Waals surface area contributed by atoms with E-state index in [4.69, 9.17) is 9.47 Å². The Hall–Kier alpha value is -1.91. The predicted molar refractivity (Wildman–Crippen MR) is 62.5 cm³/mol. The molecule has 1 rings (SSSR count). The quantitative estimate of drug-likeness (QED) is 0.618. The molecule has 1 aromatic carbocycles. The topological polar surface area (TPSA) is 54.3 Å². The smallest absolute Gasteiger partial charge is 0.200 e. The number of rotatable bonds is 4. The van der Waals surface area contributed by atoms with Gasteiger partial charge in [-0.25, -0.2) is 0 Å². The first kappa shape index (κ1) is 12.2. The van der Waals surface area contributed by atoms with E-state index >= 15 is 0 Å². The summed E-state index contributed by atoms with van der Waals surface area (Å²) in [4.78, 5) is 0. The lowest BCUT2D eigenvalue weighted by Gasteiger charge is -2.09. The molecule has 0 aromatic heterocycles. The number of phenolic OH excluding ortho intramolecular Hbond substituents is 1. The van der Waals surface area contributed by atoms with Crippen LogP contribution in [0.2, 0.25) is 0 Å². The van der Waals surface area contributed by atoms with E-state index in [0.717, 1.165) is 5.56 Å². The van der Waals surface area contributed by atoms with Crippen molar-refractivity contribution in [3.8, 4) is 17.2 Å². The van der Waals surface area contributed by atoms with Crippen LogP contribution in [0.4, 0.5) is 0 Å². The molecule has 5 heteroatoms. The highest BCUT2D eigenvalue weighted by Crippen LogP contribution is 2.36. The average Bonchev–Trinajstić information content (AvgIpc) is 2.27. The van der Waals surface area contributed by atoms with E-state index in [1.807, 2.05) is 14.1 Å². The summed E-state index contributed by atoms with van der Waals surface area (Å²) in [5.41, 5.74) is 0.792. The van der Waals surface area contributed by atoms with E-state index in [9.17, 15) is 5.11 Å². The van der Waals surface area contributed by atoms with Gasteiger partial charge in [0.15, 0.2) is 11.5 Å². The molecule has 5 nitrogen and oxygen atoms in total. The maximum atomic E-state index is 9.69. The second-order valence-electron chi connectivity index (χ2n) is 3.37. The molecule has 0 heterocycles. The van der Waals surface area contributed by atoms with Crippen molar-refractivity contribution in [2.24, 2.45) is 5.10 Å². The van der Waals surface area contributed by atoms with Gasteiger partial charge in [0.25, 0.3) is 0 Å². The molecule has 1 N–H and O–H groups in total. The second-order valence-corrected chi connectivity index (χ2v) is 3.37. The molecule has 0 atom stereocenters. The summed E-state index contributed by atoms with van der Waals surface area (Å²) in [6.45, 7) is 0. The summed E-state index contributed by atoms with van der Waals surface area (Å²) < 4.78 is 10.1. The van der Waals surface area contributed by atoms with Crippen molar-refractivity contribution in [3.63, 3.8) is 0 Å². The third-order valence-electron chi connectivity index (χ3n) is 1.94. The van der Waals surface area contributed by atoms with Gasteiger partial charge in [-0.15, -0.1) is 0 Å². The summed E-state index contributed by atoms with van der Waals surface area (Å²) in [5.74, 6) is 0.714. The molecular formula is C11H16N2O3. The van der Waals surface area contributed by atoms with Crippen molar-refractivity contribution < 1.29 is 14.6 Å². The fourth-order valence-corrected chi connectivity index (χ4v) is 1.17. The van der Waals surface area contributed by atoms with Crippen LogP contribution in [0.15, 0.2) is 17.2 Å². The van der Waals surface area contributed by atoms with E-state index < -0.39 is 0 Å². The van der Waals surface area contributed by atoms with Crippen LogP contribution in [0.25, 0.3) is 0 Å². The number of ether oxygens (including phenoxy) is 2. The van der Waals surface area contributed by atoms with Crippen molar-refractivity contribution in [1.29, 1.82) is 0 Å². The number of aromatic hydroxyl groups is 1. The van der Waals surface area contributed by atoms with Crippen molar-refractivity contribution in [1.82, 2.24) is 5.01 Å². The number of hydrogen-bond donors (Lipinski definition) is 1. The number of hydrazone groups is 1. The Morgan fingerprint density at radius 3 is 2.06 bits per heavy atom. The lowest BCUT2D eigenvalue weighted by molar-refractivity contribution is 0.340. The van der Waals surface area contributed by atoms with Crippen molar-refractivity contribution in [2.75, 3.05) is 28.3 Å². The van der Waals surface area contributed by atoms with Crippen LogP contribution >= 0.6 is 0 Å². The molecular weight excluding hydrogens is 208 g/mol. The first-order valence-electron chi connectivity index (χ1n) is 4.74. The molecule has 1 aromatic rings. The van der Waals surface area contributed by atoms with Gasteiger partial charge in [-0.3, -0.25) is 0 Å². The van der Waals surface area contributed by atoms with Gasteiger partial charge in [-0.05, 0) is 12.1 Å². The minimum absolute atomic E-state index is 0.00740. The van der Waals surface area contributed by atoms with Gasteiger partial charge >= 0.3 is 0 Å². The molecule has 88 valence electrons. The predicted octanol–water partition coefficient (Wildman–Crippen LogP) is 1.30. The van der Waals surface area contributed by atoms with Gasteiger partial charge in [0, 0.05) is 19.7 Å². The summed E-state index contributed by atoms with van der Waals surface area (Å²) in [6.07, 6.45) is 1.66. The molecule has 0 bridgehead atoms. The Bertz CT molecular complexity index is 364. The summed E-state index contributed by atoms with van der Waals surface area (Å²) in [5, 5.41) is 15.4. The zero-order valence-electron chi connectivity index (χ0n) is 9.89. The third-order valence-corrected chi connectivity index (χ3v) is 1.94. The Kier molecular flexibility index (Phi) is 3.99. The summed E-state index contributed by atoms with van der Waals surface area (Å²) in [7, 11) is 6.62. The van der Waals surface area contributed by atoms with Gasteiger partial charge < -0.3 is 19.6 Å². The number of hydrogen-bond acceptors (Lipinski definition) is 5. The lowest BCUT2D eigenvalue weighted by atomic mass is 10.2. The van der Waals surface area contributed by atoms with E-state index in [1.165, 1.54) is 14.2 Å². The highest BCUT2D eigenvalue weighted by Gasteiger charge is 2.09. The molecule has 0 saturated carbocycles. The standard InChI is InChI=1S/C11H16N2O3/c1-13(2)12-7-8-5-9(15-3)11(14)10(6-8)16-4/h5-7,14H,1-4H3/b12-7+. The average molecular weight is 224 g/mol. The summed E-state index contributed by atoms with van der Waals surface area (Å²) in [6, 6.07) is 3.37. The highest BCUT2D eigenvalue weighted by atomic mass is 16.5. The van der Waals surface area contributed by atoms with Crippen molar-refractivity contribution in [2.45, 2.75) is 0 Å². The van der Waals surface area contributed by atoms with E-state index in [-0.39, 0.29) is 5.75 Å². The minimum atomic E-state index is -0.00740. The maximum absolute atomic E-state index is 9.69. The molecule has 0 unspecified atom stereocenters. The Balaban J connectivity index is 3.12. The Morgan fingerprint density at radius 1 is 1.19 bits per heavy atom. The molecule has 0 aliphatic carbocycles. The second kappa shape index (κ2) is 5.25. The van der Waals surface area contributed by atoms with Crippen molar-refractivity contribution >= 4 is 6.21 Å². The number of phenols is 1. The normalized spacial score (nSPS) is 10.5. The zero-order chi connectivity index (χ0) is 12.1. The Morgan fingerprint density at radius 2 is 1.69 bits per heavy atom. The van der Waals surface area contributed by atoms with Gasteiger partial charge in [0.05, 0.1) is 20.4 Å². The summed E-state index contributed by atoms with van der Waals surface area (Å²) >= 11 is 0. The van der Waals surface area contributed by atoms with Crippen LogP contribution in [0.3, 0.4) is 0 Å². The molecule has 0 aliphatic rings. The number of benzene rings is 1. The number of methoxy groups -OCH3 is 2. The van der Waals surface area contributed by atoms with E-state index in [0.29, 0.717) is 11.5 Å². The van der Waals surface area contributed by atoms with Crippen LogP contribution in [0.5, 0.6) is 17.2 Å². The molecule has 0 saturated heterocycles. The third kappa shape index (κ3) is 2.79. The van der Waals surface area contributed by atoms with Crippen molar-refractivity contribution in [3.05, 3.63) is 17.7 Å². The minimum Gasteiger partial charge on any atom is -0.502 e. The van der Waals surface area contributed by atoms with Gasteiger partial charge in [-0.2, -0.15) is 5.10 Å². The first-order chi connectivity index (χ1) is 7.58. The zero-order valence-corrected chi connectivity index (χ0v) is 9.89. The Labute approximate surface area is 94.9 Å². The molecule has 0 amide bonds. The molecule has 0 fully saturated rings. The molecule has 0 aliphatic heterocycles. The van der Waals surface area contributed by atoms with Crippen LogP contribution in [-0.2, 0) is 0 Å². The fraction of sp³-hybridized carbons (Fsp3) is 0.364. The van der Waals surface area contributed by atoms with E-state index in [1.54, 1.807) is 23.4 Å². The van der Waals surface area contributed by atoms with Crippen LogP contribution in [0.1, 0.15) is 5.56 Å². The maximum Gasteiger partial charge on any atom is 0.200 e. The fourth-order valence-electron chi connectivity index (χ4n) is 1.17. The van der Waals surface area contributed by atoms with Crippen LogP contribution in [-0.4, -0.2) is 44.6 Å². The van der Waals surface area contributed by atoms with Crippen LogP contribution in [0, 0.1) is 0 Å². The van der Waals surface area contributed by atoms with Gasteiger partial charge in [-0.1, -0.05) is 0 Å². The number of nitrogens with zero attached hydrogens (tertiary/aromatic N) is 2. The first-order valence-corrected chi connectivity index (χ1v) is 4.74. The molecule has 0 spiro atoms. The van der Waals surface area contributed by atoms with Gasteiger partial charge in [0.1, 0.15) is 0 Å². The lowest BCUT2D eigenvalue weighted by Crippen LogP contribution is -2.02. The SMILES string of the molecule is COc1cc(/C=N/N(C)C)cc(OC)c1O. The monoisotopic (exact) mass is 224 g/mol.